The smallest absolute Gasteiger partial charge is 0.393 e. The maximum Gasteiger partial charge on any atom is 0.472 e. The zero-order valence-corrected chi connectivity index (χ0v) is 35.3. The Kier molecular flexibility index (Phi) is 38.4. The molecular formula is C43H85N2O7P. The number of nitrogens with one attached hydrogen (secondary N) is 1. The standard InChI is InChI=1S/C43H85N2O7P/c1-3-5-7-9-11-13-15-17-19-21-22-24-26-28-30-32-34-40(46)38-43(48)45-41(39-52-53(49,50)51-37-36-44)42(47)35-33-31-29-27-25-23-20-18-16-14-12-10-8-6-4-2/h25,27,33,35,40-42,46-47H,3-24,26,28-32,34,36-39,44H2,1-2H3,(H,45,48)(H,49,50)/b27-25+,35-33+. The average molecular weight is 773 g/mol. The monoisotopic (exact) mass is 773 g/mol. The Balaban J connectivity index is 4.34. The highest BCUT2D eigenvalue weighted by Gasteiger charge is 2.27. The van der Waals surface area contributed by atoms with Crippen molar-refractivity contribution in [2.24, 2.45) is 5.73 Å². The molecule has 0 aromatic heterocycles. The maximum absolute atomic E-state index is 12.8. The predicted octanol–water partition coefficient (Wildman–Crippen LogP) is 11.1. The van der Waals surface area contributed by atoms with E-state index in [9.17, 15) is 24.5 Å². The van der Waals surface area contributed by atoms with Crippen molar-refractivity contribution in [2.75, 3.05) is 19.8 Å². The lowest BCUT2D eigenvalue weighted by atomic mass is 10.0. The largest absolute Gasteiger partial charge is 0.472 e. The molecule has 0 saturated carbocycles. The van der Waals surface area contributed by atoms with Crippen molar-refractivity contribution >= 4 is 13.7 Å². The minimum absolute atomic E-state index is 0.0460. The number of nitrogens with two attached hydrogens (primary N) is 1. The molecule has 0 fully saturated rings. The summed E-state index contributed by atoms with van der Waals surface area (Å²) >= 11 is 0. The molecule has 0 bridgehead atoms. The first-order chi connectivity index (χ1) is 25.8. The summed E-state index contributed by atoms with van der Waals surface area (Å²) in [5.74, 6) is -0.454. The molecule has 4 atom stereocenters. The summed E-state index contributed by atoms with van der Waals surface area (Å²) in [5, 5.41) is 24.0. The van der Waals surface area contributed by atoms with Crippen LogP contribution in [0.15, 0.2) is 24.3 Å². The van der Waals surface area contributed by atoms with Gasteiger partial charge in [-0.3, -0.25) is 13.8 Å². The number of hydrogen-bond acceptors (Lipinski definition) is 7. The van der Waals surface area contributed by atoms with E-state index in [0.717, 1.165) is 32.1 Å². The van der Waals surface area contributed by atoms with Crippen molar-refractivity contribution in [3.05, 3.63) is 24.3 Å². The Morgan fingerprint density at radius 1 is 0.642 bits per heavy atom. The molecule has 0 radical (unpaired) electrons. The molecule has 10 heteroatoms. The van der Waals surface area contributed by atoms with E-state index in [0.29, 0.717) is 12.8 Å². The summed E-state index contributed by atoms with van der Waals surface area (Å²) < 4.78 is 22.1. The van der Waals surface area contributed by atoms with E-state index in [1.807, 2.05) is 6.08 Å². The molecule has 0 aromatic rings. The van der Waals surface area contributed by atoms with Crippen LogP contribution >= 0.6 is 7.82 Å². The summed E-state index contributed by atoms with van der Waals surface area (Å²) in [6.45, 7) is 3.96. The number of carbonyl (C=O) groups excluding carboxylic acids is 1. The van der Waals surface area contributed by atoms with Gasteiger partial charge < -0.3 is 26.2 Å². The lowest BCUT2D eigenvalue weighted by Crippen LogP contribution is -2.46. The van der Waals surface area contributed by atoms with Gasteiger partial charge in [-0.05, 0) is 32.1 Å². The third-order valence-corrected chi connectivity index (χ3v) is 10.8. The SMILES string of the molecule is CCCCCCCCCCC/C=C/CC/C=C/C(O)C(COP(=O)(O)OCCN)NC(=O)CC(O)CCCCCCCCCCCCCCCCCC. The molecule has 314 valence electrons. The van der Waals surface area contributed by atoms with E-state index in [1.165, 1.54) is 141 Å². The Bertz CT molecular complexity index is 904. The number of hydrogen-bond donors (Lipinski definition) is 5. The zero-order chi connectivity index (χ0) is 39.1. The van der Waals surface area contributed by atoms with E-state index in [-0.39, 0.29) is 19.6 Å². The lowest BCUT2D eigenvalue weighted by molar-refractivity contribution is -0.124. The highest BCUT2D eigenvalue weighted by atomic mass is 31.2. The number of rotatable bonds is 41. The first kappa shape index (κ1) is 51.9. The molecule has 53 heavy (non-hydrogen) atoms. The quantitative estimate of drug-likeness (QED) is 0.0234. The fourth-order valence-electron chi connectivity index (χ4n) is 6.49. The van der Waals surface area contributed by atoms with Gasteiger partial charge in [-0.25, -0.2) is 4.57 Å². The number of phosphoric ester groups is 1. The highest BCUT2D eigenvalue weighted by Crippen LogP contribution is 2.43. The number of allylic oxidation sites excluding steroid dienone is 3. The lowest BCUT2D eigenvalue weighted by Gasteiger charge is -2.24. The molecule has 0 aliphatic carbocycles. The third kappa shape index (κ3) is 37.6. The molecule has 6 N–H and O–H groups in total. The molecule has 0 rings (SSSR count). The number of phosphoric acid groups is 1. The molecule has 0 heterocycles. The molecule has 4 unspecified atom stereocenters. The zero-order valence-electron chi connectivity index (χ0n) is 34.4. The summed E-state index contributed by atoms with van der Waals surface area (Å²) in [6, 6.07) is -0.995. The van der Waals surface area contributed by atoms with Crippen molar-refractivity contribution in [3.8, 4) is 0 Å². The first-order valence-electron chi connectivity index (χ1n) is 22.0. The van der Waals surface area contributed by atoms with Gasteiger partial charge >= 0.3 is 7.82 Å². The molecule has 0 aliphatic heterocycles. The van der Waals surface area contributed by atoms with Gasteiger partial charge in [-0.2, -0.15) is 0 Å². The summed E-state index contributed by atoms with van der Waals surface area (Å²) in [5.41, 5.74) is 5.36. The van der Waals surface area contributed by atoms with E-state index < -0.39 is 38.6 Å². The van der Waals surface area contributed by atoms with Gasteiger partial charge in [-0.1, -0.05) is 192 Å². The minimum Gasteiger partial charge on any atom is -0.393 e. The summed E-state index contributed by atoms with van der Waals surface area (Å²) in [6.07, 6.45) is 41.2. The Morgan fingerprint density at radius 3 is 1.57 bits per heavy atom. The van der Waals surface area contributed by atoms with Gasteiger partial charge in [0.05, 0.1) is 37.9 Å². The molecule has 1 amide bonds. The maximum atomic E-state index is 12.8. The fraction of sp³-hybridized carbons (Fsp3) is 0.884. The molecule has 9 nitrogen and oxygen atoms in total. The average Bonchev–Trinajstić information content (AvgIpc) is 3.13. The predicted molar refractivity (Wildman–Crippen MR) is 223 cm³/mol. The topological polar surface area (TPSA) is 151 Å². The fourth-order valence-corrected chi connectivity index (χ4v) is 7.25. The van der Waals surface area contributed by atoms with Crippen molar-refractivity contribution < 1.29 is 33.5 Å². The second-order valence-corrected chi connectivity index (χ2v) is 16.5. The molecule has 0 saturated heterocycles. The summed E-state index contributed by atoms with van der Waals surface area (Å²) in [7, 11) is -4.40. The van der Waals surface area contributed by atoms with Gasteiger partial charge in [0, 0.05) is 6.54 Å². The second-order valence-electron chi connectivity index (χ2n) is 15.1. The Hall–Kier alpha value is -1.06. The van der Waals surface area contributed by atoms with Crippen molar-refractivity contribution in [2.45, 2.75) is 225 Å². The van der Waals surface area contributed by atoms with Crippen molar-refractivity contribution in [1.29, 1.82) is 0 Å². The van der Waals surface area contributed by atoms with Gasteiger partial charge in [-0.15, -0.1) is 0 Å². The van der Waals surface area contributed by atoms with Crippen LogP contribution in [0.25, 0.3) is 0 Å². The van der Waals surface area contributed by atoms with Crippen molar-refractivity contribution in [3.63, 3.8) is 0 Å². The highest BCUT2D eigenvalue weighted by molar-refractivity contribution is 7.47. The van der Waals surface area contributed by atoms with Gasteiger partial charge in [0.1, 0.15) is 0 Å². The number of aliphatic hydroxyl groups is 2. The molecule has 0 aliphatic rings. The van der Waals surface area contributed by atoms with Crippen LogP contribution in [0.1, 0.15) is 206 Å². The van der Waals surface area contributed by atoms with E-state index in [4.69, 9.17) is 14.8 Å². The Labute approximate surface area is 326 Å². The normalized spacial score (nSPS) is 14.9. The number of unbranched alkanes of at least 4 members (excludes halogenated alkanes) is 25. The van der Waals surface area contributed by atoms with Crippen LogP contribution in [0.4, 0.5) is 0 Å². The molecular weight excluding hydrogens is 687 g/mol. The summed E-state index contributed by atoms with van der Waals surface area (Å²) in [4.78, 5) is 22.7. The van der Waals surface area contributed by atoms with Gasteiger partial charge in [0.2, 0.25) is 5.91 Å². The van der Waals surface area contributed by atoms with Crippen LogP contribution in [0.3, 0.4) is 0 Å². The molecule has 0 aromatic carbocycles. The Morgan fingerprint density at radius 2 is 1.08 bits per heavy atom. The number of carbonyl (C=O) groups is 1. The van der Waals surface area contributed by atoms with Crippen molar-refractivity contribution in [1.82, 2.24) is 5.32 Å². The van der Waals surface area contributed by atoms with E-state index in [1.54, 1.807) is 6.08 Å². The van der Waals surface area contributed by atoms with Crippen LogP contribution in [-0.4, -0.2) is 59.0 Å². The van der Waals surface area contributed by atoms with Crippen LogP contribution in [0.5, 0.6) is 0 Å². The van der Waals surface area contributed by atoms with Crippen LogP contribution < -0.4 is 11.1 Å². The number of amides is 1. The second kappa shape index (κ2) is 39.2. The third-order valence-electron chi connectivity index (χ3n) is 9.83. The number of aliphatic hydroxyl groups excluding tert-OH is 2. The first-order valence-corrected chi connectivity index (χ1v) is 23.5. The van der Waals surface area contributed by atoms with Crippen LogP contribution in [-0.2, 0) is 18.4 Å². The van der Waals surface area contributed by atoms with E-state index >= 15 is 0 Å². The van der Waals surface area contributed by atoms with Gasteiger partial charge in [0.15, 0.2) is 0 Å². The van der Waals surface area contributed by atoms with Crippen LogP contribution in [0.2, 0.25) is 0 Å². The van der Waals surface area contributed by atoms with E-state index in [2.05, 4.69) is 31.3 Å². The molecule has 0 spiro atoms. The van der Waals surface area contributed by atoms with Gasteiger partial charge in [0.25, 0.3) is 0 Å². The van der Waals surface area contributed by atoms with Crippen LogP contribution in [0, 0.1) is 0 Å². The minimum atomic E-state index is -4.40.